The molecule has 2 aromatic rings. The topological polar surface area (TPSA) is 17.8 Å². The van der Waals surface area contributed by atoms with Crippen LogP contribution in [0.2, 0.25) is 0 Å². The highest BCUT2D eigenvalue weighted by atomic mass is 127. The van der Waals surface area contributed by atoms with Gasteiger partial charge >= 0.3 is 0 Å². The summed E-state index contributed by atoms with van der Waals surface area (Å²) in [4.78, 5) is 4.36. The molecule has 0 aliphatic carbocycles. The molecular weight excluding hydrogens is 287 g/mol. The zero-order chi connectivity index (χ0) is 9.80. The van der Waals surface area contributed by atoms with Gasteiger partial charge in [0.1, 0.15) is 0 Å². The van der Waals surface area contributed by atoms with Crippen molar-refractivity contribution in [3.63, 3.8) is 0 Å². The van der Waals surface area contributed by atoms with Crippen LogP contribution in [0.15, 0.2) is 42.9 Å². The highest BCUT2D eigenvalue weighted by Crippen LogP contribution is 2.15. The van der Waals surface area contributed by atoms with E-state index in [4.69, 9.17) is 0 Å². The third-order valence-electron chi connectivity index (χ3n) is 2.05. The molecule has 72 valence electrons. The molecule has 3 heteroatoms. The molecule has 0 saturated carbocycles. The van der Waals surface area contributed by atoms with Gasteiger partial charge in [-0.3, -0.25) is 0 Å². The summed E-state index contributed by atoms with van der Waals surface area (Å²) in [6.07, 6.45) is 3.98. The summed E-state index contributed by atoms with van der Waals surface area (Å²) >= 11 is 2.37. The third kappa shape index (κ3) is 2.15. The van der Waals surface area contributed by atoms with Crippen LogP contribution >= 0.6 is 22.6 Å². The van der Waals surface area contributed by atoms with Crippen LogP contribution in [0.5, 0.6) is 0 Å². The molecule has 0 unspecified atom stereocenters. The number of benzene rings is 1. The normalized spacial score (nSPS) is 10.4. The fraction of sp³-hybridized carbons (Fsp3) is 0.182. The molecule has 0 aliphatic heterocycles. The van der Waals surface area contributed by atoms with Gasteiger partial charge in [-0.2, -0.15) is 0 Å². The average molecular weight is 298 g/mol. The first-order valence-electron chi connectivity index (χ1n) is 4.53. The van der Waals surface area contributed by atoms with E-state index in [9.17, 15) is 0 Å². The van der Waals surface area contributed by atoms with Gasteiger partial charge in [-0.15, -0.1) is 0 Å². The van der Waals surface area contributed by atoms with Crippen LogP contribution in [0.3, 0.4) is 0 Å². The fourth-order valence-electron chi connectivity index (χ4n) is 1.34. The largest absolute Gasteiger partial charge is 0.336 e. The molecule has 0 aliphatic rings. The van der Waals surface area contributed by atoms with E-state index in [1.165, 1.54) is 5.56 Å². The number of rotatable bonds is 3. The van der Waals surface area contributed by atoms with Gasteiger partial charge in [-0.25, -0.2) is 4.98 Å². The van der Waals surface area contributed by atoms with E-state index >= 15 is 0 Å². The van der Waals surface area contributed by atoms with Crippen molar-refractivity contribution in [2.75, 3.05) is 4.43 Å². The number of aryl methyl sites for hydroxylation is 1. The van der Waals surface area contributed by atoms with Crippen molar-refractivity contribution in [3.05, 3.63) is 42.9 Å². The van der Waals surface area contributed by atoms with E-state index in [0.29, 0.717) is 0 Å². The first kappa shape index (κ1) is 9.71. The summed E-state index contributed by atoms with van der Waals surface area (Å²) in [5, 5.41) is 0. The quantitative estimate of drug-likeness (QED) is 0.629. The fourth-order valence-corrected chi connectivity index (χ4v) is 1.90. The van der Waals surface area contributed by atoms with Gasteiger partial charge in [0.25, 0.3) is 0 Å². The molecule has 0 radical (unpaired) electrons. The van der Waals surface area contributed by atoms with Crippen molar-refractivity contribution in [1.29, 1.82) is 0 Å². The zero-order valence-corrected chi connectivity index (χ0v) is 9.89. The Morgan fingerprint density at radius 2 is 2.00 bits per heavy atom. The van der Waals surface area contributed by atoms with Crippen LogP contribution in [-0.2, 0) is 6.54 Å². The predicted molar refractivity (Wildman–Crippen MR) is 66.6 cm³/mol. The summed E-state index contributed by atoms with van der Waals surface area (Å²) in [5.41, 5.74) is 2.23. The first-order chi connectivity index (χ1) is 6.90. The lowest BCUT2D eigenvalue weighted by molar-refractivity contribution is 0.779. The maximum Gasteiger partial charge on any atom is 0.0954 e. The molecule has 1 aromatic heterocycles. The van der Waals surface area contributed by atoms with E-state index < -0.39 is 0 Å². The van der Waals surface area contributed by atoms with Crippen molar-refractivity contribution in [2.45, 2.75) is 6.54 Å². The van der Waals surface area contributed by atoms with Crippen LogP contribution in [0.25, 0.3) is 11.3 Å². The van der Waals surface area contributed by atoms with Gasteiger partial charge in [0.15, 0.2) is 0 Å². The zero-order valence-electron chi connectivity index (χ0n) is 7.73. The number of hydrogen-bond donors (Lipinski definition) is 0. The van der Waals surface area contributed by atoms with E-state index in [2.05, 4.69) is 50.5 Å². The van der Waals surface area contributed by atoms with Gasteiger partial charge in [0.05, 0.1) is 12.0 Å². The van der Waals surface area contributed by atoms with Crippen LogP contribution < -0.4 is 0 Å². The minimum absolute atomic E-state index is 1.03. The highest BCUT2D eigenvalue weighted by molar-refractivity contribution is 14.1. The highest BCUT2D eigenvalue weighted by Gasteiger charge is 1.99. The number of hydrogen-bond acceptors (Lipinski definition) is 1. The van der Waals surface area contributed by atoms with Gasteiger partial charge in [0.2, 0.25) is 0 Å². The number of aromatic nitrogens is 2. The Balaban J connectivity index is 2.25. The second-order valence-corrected chi connectivity index (χ2v) is 4.13. The Labute approximate surface area is 97.1 Å². The lowest BCUT2D eigenvalue weighted by atomic mass is 10.2. The van der Waals surface area contributed by atoms with Gasteiger partial charge in [-0.1, -0.05) is 52.9 Å². The number of halogens is 1. The smallest absolute Gasteiger partial charge is 0.0954 e. The van der Waals surface area contributed by atoms with Gasteiger partial charge in [-0.05, 0) is 0 Å². The molecular formula is C11H11IN2. The van der Waals surface area contributed by atoms with Crippen molar-refractivity contribution in [3.8, 4) is 11.3 Å². The molecule has 1 aromatic carbocycles. The van der Waals surface area contributed by atoms with E-state index in [1.807, 2.05) is 24.5 Å². The Morgan fingerprint density at radius 3 is 2.71 bits per heavy atom. The van der Waals surface area contributed by atoms with Crippen LogP contribution in [0, 0.1) is 0 Å². The lowest BCUT2D eigenvalue weighted by Gasteiger charge is -1.95. The molecule has 0 N–H and O–H groups in total. The minimum atomic E-state index is 1.03. The molecule has 0 saturated heterocycles. The van der Waals surface area contributed by atoms with Crippen LogP contribution in [-0.4, -0.2) is 14.0 Å². The van der Waals surface area contributed by atoms with Gasteiger partial charge < -0.3 is 4.57 Å². The van der Waals surface area contributed by atoms with E-state index in [-0.39, 0.29) is 0 Å². The van der Waals surface area contributed by atoms with Crippen molar-refractivity contribution >= 4 is 22.6 Å². The molecule has 0 spiro atoms. The summed E-state index contributed by atoms with van der Waals surface area (Å²) in [6, 6.07) is 10.2. The van der Waals surface area contributed by atoms with Crippen molar-refractivity contribution in [2.24, 2.45) is 0 Å². The minimum Gasteiger partial charge on any atom is -0.336 e. The van der Waals surface area contributed by atoms with E-state index in [0.717, 1.165) is 16.7 Å². The maximum atomic E-state index is 4.36. The summed E-state index contributed by atoms with van der Waals surface area (Å²) < 4.78 is 3.23. The number of imidazole rings is 1. The second-order valence-electron chi connectivity index (χ2n) is 3.05. The molecule has 2 nitrogen and oxygen atoms in total. The summed E-state index contributed by atoms with van der Waals surface area (Å²) in [7, 11) is 0. The molecule has 0 atom stereocenters. The molecule has 14 heavy (non-hydrogen) atoms. The molecule has 0 bridgehead atoms. The molecule has 0 fully saturated rings. The van der Waals surface area contributed by atoms with Gasteiger partial charge in [0, 0.05) is 22.7 Å². The Kier molecular flexibility index (Phi) is 3.18. The van der Waals surface area contributed by atoms with Crippen molar-refractivity contribution < 1.29 is 0 Å². The lowest BCUT2D eigenvalue weighted by Crippen LogP contribution is -1.93. The van der Waals surface area contributed by atoms with E-state index in [1.54, 1.807) is 0 Å². The number of alkyl halides is 1. The average Bonchev–Trinajstić information content (AvgIpc) is 2.68. The Bertz CT molecular complexity index is 395. The summed E-state index contributed by atoms with van der Waals surface area (Å²) in [5.74, 6) is 0. The van der Waals surface area contributed by atoms with Crippen LogP contribution in [0.4, 0.5) is 0 Å². The second kappa shape index (κ2) is 4.59. The molecule has 0 amide bonds. The summed E-state index contributed by atoms with van der Waals surface area (Å²) in [6.45, 7) is 1.03. The molecule has 1 heterocycles. The Hall–Kier alpha value is -0.840. The maximum absolute atomic E-state index is 4.36. The monoisotopic (exact) mass is 298 g/mol. The predicted octanol–water partition coefficient (Wildman–Crippen LogP) is 2.99. The molecule has 2 rings (SSSR count). The third-order valence-corrected chi connectivity index (χ3v) is 2.53. The Morgan fingerprint density at radius 1 is 1.21 bits per heavy atom. The van der Waals surface area contributed by atoms with Crippen LogP contribution in [0.1, 0.15) is 0 Å². The number of nitrogens with zero attached hydrogens (tertiary/aromatic N) is 2. The SMILES string of the molecule is ICCn1cnc(-c2ccccc2)c1. The standard InChI is InChI=1S/C11H11IN2/c12-6-7-14-8-11(13-9-14)10-4-2-1-3-5-10/h1-5,8-9H,6-7H2. The first-order valence-corrected chi connectivity index (χ1v) is 6.06. The van der Waals surface area contributed by atoms with Crippen molar-refractivity contribution in [1.82, 2.24) is 9.55 Å².